The van der Waals surface area contributed by atoms with Gasteiger partial charge in [-0.2, -0.15) is 0 Å². The number of hydrogen-bond acceptors (Lipinski definition) is 2. The van der Waals surface area contributed by atoms with Crippen molar-refractivity contribution in [3.05, 3.63) is 29.8 Å². The lowest BCUT2D eigenvalue weighted by Crippen LogP contribution is -2.29. The Balaban J connectivity index is 2.35. The topological polar surface area (TPSA) is 37.4 Å². The van der Waals surface area contributed by atoms with Crippen LogP contribution < -0.4 is 4.90 Å². The summed E-state index contributed by atoms with van der Waals surface area (Å²) in [6, 6.07) is 7.42. The van der Waals surface area contributed by atoms with E-state index in [1.54, 1.807) is 6.92 Å². The molecule has 0 N–H and O–H groups in total. The molecule has 1 heterocycles. The van der Waals surface area contributed by atoms with Crippen LogP contribution in [0.25, 0.3) is 0 Å². The summed E-state index contributed by atoms with van der Waals surface area (Å²) in [5, 5.41) is 0. The Labute approximate surface area is 88.7 Å². The first-order valence-corrected chi connectivity index (χ1v) is 5.03. The zero-order valence-electron chi connectivity index (χ0n) is 8.86. The Bertz CT molecular complexity index is 408. The van der Waals surface area contributed by atoms with Crippen LogP contribution in [0.15, 0.2) is 24.3 Å². The van der Waals surface area contributed by atoms with E-state index < -0.39 is 0 Å². The molecule has 0 spiro atoms. The molecular weight excluding hydrogens is 190 g/mol. The van der Waals surface area contributed by atoms with Crippen molar-refractivity contribution in [2.45, 2.75) is 20.3 Å². The number of hydrogen-bond donors (Lipinski definition) is 0. The molecule has 1 aromatic rings. The van der Waals surface area contributed by atoms with Gasteiger partial charge in [0.25, 0.3) is 0 Å². The van der Waals surface area contributed by atoms with Gasteiger partial charge in [-0.05, 0) is 19.1 Å². The number of benzene rings is 1. The summed E-state index contributed by atoms with van der Waals surface area (Å²) in [5.74, 6) is -0.376. The van der Waals surface area contributed by atoms with Crippen molar-refractivity contribution in [3.63, 3.8) is 0 Å². The first-order valence-electron chi connectivity index (χ1n) is 5.03. The van der Waals surface area contributed by atoms with E-state index in [0.29, 0.717) is 12.1 Å². The van der Waals surface area contributed by atoms with E-state index in [9.17, 15) is 9.59 Å². The van der Waals surface area contributed by atoms with E-state index in [0.717, 1.165) is 5.56 Å². The molecule has 0 bridgehead atoms. The fraction of sp³-hybridized carbons (Fsp3) is 0.333. The third-order valence-corrected chi connectivity index (χ3v) is 2.66. The van der Waals surface area contributed by atoms with E-state index in [1.807, 2.05) is 31.2 Å². The van der Waals surface area contributed by atoms with E-state index in [4.69, 9.17) is 0 Å². The summed E-state index contributed by atoms with van der Waals surface area (Å²) in [5.41, 5.74) is 1.80. The van der Waals surface area contributed by atoms with Gasteiger partial charge in [0.15, 0.2) is 0 Å². The van der Waals surface area contributed by atoms with Crippen LogP contribution >= 0.6 is 0 Å². The van der Waals surface area contributed by atoms with Gasteiger partial charge in [0.1, 0.15) is 0 Å². The van der Waals surface area contributed by atoms with Gasteiger partial charge >= 0.3 is 0 Å². The average molecular weight is 203 g/mol. The maximum atomic E-state index is 11.7. The summed E-state index contributed by atoms with van der Waals surface area (Å²) in [6.07, 6.45) is 0.326. The van der Waals surface area contributed by atoms with Gasteiger partial charge in [-0.25, -0.2) is 0 Å². The van der Waals surface area contributed by atoms with Crippen molar-refractivity contribution in [3.8, 4) is 0 Å². The molecule has 1 saturated heterocycles. The molecule has 0 saturated carbocycles. The molecule has 1 aliphatic rings. The normalized spacial score (nSPS) is 21.2. The Morgan fingerprint density at radius 1 is 1.20 bits per heavy atom. The molecule has 3 heteroatoms. The van der Waals surface area contributed by atoms with Gasteiger partial charge in [-0.15, -0.1) is 0 Å². The van der Waals surface area contributed by atoms with Gasteiger partial charge in [-0.1, -0.05) is 24.6 Å². The van der Waals surface area contributed by atoms with Gasteiger partial charge in [0, 0.05) is 12.3 Å². The van der Waals surface area contributed by atoms with Crippen molar-refractivity contribution in [2.75, 3.05) is 4.90 Å². The molecule has 1 atom stereocenters. The molecule has 1 aromatic carbocycles. The van der Waals surface area contributed by atoms with Gasteiger partial charge in [-0.3, -0.25) is 14.5 Å². The van der Waals surface area contributed by atoms with Crippen LogP contribution in [0.3, 0.4) is 0 Å². The minimum absolute atomic E-state index is 0.0937. The largest absolute Gasteiger partial charge is 0.274 e. The summed E-state index contributed by atoms with van der Waals surface area (Å²) >= 11 is 0. The third-order valence-electron chi connectivity index (χ3n) is 2.66. The van der Waals surface area contributed by atoms with E-state index in [1.165, 1.54) is 4.90 Å². The van der Waals surface area contributed by atoms with Gasteiger partial charge < -0.3 is 0 Å². The zero-order chi connectivity index (χ0) is 11.0. The van der Waals surface area contributed by atoms with Crippen molar-refractivity contribution >= 4 is 17.5 Å². The third kappa shape index (κ3) is 1.65. The molecule has 0 aromatic heterocycles. The number of aryl methyl sites for hydroxylation is 1. The fourth-order valence-electron chi connectivity index (χ4n) is 1.75. The van der Waals surface area contributed by atoms with Crippen molar-refractivity contribution < 1.29 is 9.59 Å². The monoisotopic (exact) mass is 203 g/mol. The van der Waals surface area contributed by atoms with Crippen LogP contribution in [0.5, 0.6) is 0 Å². The molecule has 2 amide bonds. The van der Waals surface area contributed by atoms with Crippen LogP contribution in [-0.4, -0.2) is 11.8 Å². The van der Waals surface area contributed by atoms with Crippen molar-refractivity contribution in [1.82, 2.24) is 0 Å². The van der Waals surface area contributed by atoms with Crippen LogP contribution in [0, 0.1) is 12.8 Å². The fourth-order valence-corrected chi connectivity index (χ4v) is 1.75. The molecule has 78 valence electrons. The highest BCUT2D eigenvalue weighted by molar-refractivity contribution is 6.20. The number of carbonyl (C=O) groups excluding carboxylic acids is 2. The minimum Gasteiger partial charge on any atom is -0.274 e. The van der Waals surface area contributed by atoms with Crippen LogP contribution in [0.4, 0.5) is 5.69 Å². The SMILES string of the molecule is Cc1ccc(N2C(=O)C[C@H](C)C2=O)cc1. The summed E-state index contributed by atoms with van der Waals surface area (Å²) < 4.78 is 0. The second-order valence-corrected chi connectivity index (χ2v) is 4.01. The van der Waals surface area contributed by atoms with Crippen LogP contribution in [0.2, 0.25) is 0 Å². The van der Waals surface area contributed by atoms with Gasteiger partial charge in [0.05, 0.1) is 5.69 Å². The molecular formula is C12H13NO2. The highest BCUT2D eigenvalue weighted by Gasteiger charge is 2.36. The lowest BCUT2D eigenvalue weighted by Gasteiger charge is -2.14. The van der Waals surface area contributed by atoms with E-state index in [-0.39, 0.29) is 17.7 Å². The Hall–Kier alpha value is -1.64. The molecule has 0 radical (unpaired) electrons. The molecule has 2 rings (SSSR count). The number of rotatable bonds is 1. The first kappa shape index (κ1) is 9.90. The highest BCUT2D eigenvalue weighted by Crippen LogP contribution is 2.25. The Kier molecular flexibility index (Phi) is 2.31. The highest BCUT2D eigenvalue weighted by atomic mass is 16.2. The number of carbonyl (C=O) groups is 2. The van der Waals surface area contributed by atoms with E-state index >= 15 is 0 Å². The first-order chi connectivity index (χ1) is 7.09. The standard InChI is InChI=1S/C12H13NO2/c1-8-3-5-10(6-4-8)13-11(14)7-9(2)12(13)15/h3-6,9H,7H2,1-2H3/t9-/m0/s1. The number of amides is 2. The van der Waals surface area contributed by atoms with Crippen LogP contribution in [0.1, 0.15) is 18.9 Å². The van der Waals surface area contributed by atoms with Crippen molar-refractivity contribution in [1.29, 1.82) is 0 Å². The molecule has 15 heavy (non-hydrogen) atoms. The predicted molar refractivity (Wildman–Crippen MR) is 57.5 cm³/mol. The smallest absolute Gasteiger partial charge is 0.237 e. The molecule has 0 unspecified atom stereocenters. The summed E-state index contributed by atoms with van der Waals surface area (Å²) in [4.78, 5) is 24.6. The lowest BCUT2D eigenvalue weighted by molar-refractivity contribution is -0.122. The predicted octanol–water partition coefficient (Wildman–Crippen LogP) is 1.89. The molecule has 0 aliphatic carbocycles. The maximum absolute atomic E-state index is 11.7. The second kappa shape index (κ2) is 3.50. The summed E-state index contributed by atoms with van der Waals surface area (Å²) in [7, 11) is 0. The Morgan fingerprint density at radius 3 is 2.27 bits per heavy atom. The number of nitrogens with zero attached hydrogens (tertiary/aromatic N) is 1. The van der Waals surface area contributed by atoms with Crippen LogP contribution in [-0.2, 0) is 9.59 Å². The lowest BCUT2D eigenvalue weighted by atomic mass is 10.1. The maximum Gasteiger partial charge on any atom is 0.237 e. The molecule has 3 nitrogen and oxygen atoms in total. The van der Waals surface area contributed by atoms with Crippen molar-refractivity contribution in [2.24, 2.45) is 5.92 Å². The average Bonchev–Trinajstić information content (AvgIpc) is 2.44. The zero-order valence-corrected chi connectivity index (χ0v) is 8.86. The summed E-state index contributed by atoms with van der Waals surface area (Å²) in [6.45, 7) is 3.76. The second-order valence-electron chi connectivity index (χ2n) is 4.01. The number of anilines is 1. The molecule has 1 aliphatic heterocycles. The molecule has 1 fully saturated rings. The Morgan fingerprint density at radius 2 is 1.80 bits per heavy atom. The number of imide groups is 1. The van der Waals surface area contributed by atoms with Gasteiger partial charge in [0.2, 0.25) is 11.8 Å². The van der Waals surface area contributed by atoms with E-state index in [2.05, 4.69) is 0 Å². The quantitative estimate of drug-likeness (QED) is 0.654. The minimum atomic E-state index is -0.182.